The molecule has 0 unspecified atom stereocenters. The first-order valence-electron chi connectivity index (χ1n) is 6.08. The van der Waals surface area contributed by atoms with Crippen LogP contribution in [0.5, 0.6) is 0 Å². The van der Waals surface area contributed by atoms with Gasteiger partial charge in [0.25, 0.3) is 0 Å². The van der Waals surface area contributed by atoms with E-state index in [2.05, 4.69) is 22.3 Å². The number of rotatable bonds is 5. The van der Waals surface area contributed by atoms with Gasteiger partial charge in [-0.1, -0.05) is 18.2 Å². The van der Waals surface area contributed by atoms with Gasteiger partial charge < -0.3 is 16.0 Å². The van der Waals surface area contributed by atoms with Gasteiger partial charge in [0, 0.05) is 18.3 Å². The Bertz CT molecular complexity index is 370. The molecule has 1 fully saturated rings. The van der Waals surface area contributed by atoms with Gasteiger partial charge in [0.05, 0.1) is 6.54 Å². The Hall–Kier alpha value is -1.55. The third-order valence-corrected chi connectivity index (χ3v) is 2.95. The van der Waals surface area contributed by atoms with Crippen LogP contribution in [0.2, 0.25) is 0 Å². The molecular weight excluding hydrogens is 212 g/mol. The van der Waals surface area contributed by atoms with Gasteiger partial charge in [-0.3, -0.25) is 4.99 Å². The second-order valence-corrected chi connectivity index (χ2v) is 4.47. The van der Waals surface area contributed by atoms with Crippen molar-refractivity contribution in [2.24, 2.45) is 10.7 Å². The average Bonchev–Trinajstić information content (AvgIpc) is 3.14. The molecule has 0 saturated heterocycles. The number of benzene rings is 1. The molecule has 2 rings (SSSR count). The van der Waals surface area contributed by atoms with Crippen molar-refractivity contribution in [1.29, 1.82) is 0 Å². The molecule has 0 radical (unpaired) electrons. The summed E-state index contributed by atoms with van der Waals surface area (Å²) in [5.74, 6) is 0.486. The monoisotopic (exact) mass is 232 g/mol. The van der Waals surface area contributed by atoms with Crippen molar-refractivity contribution in [3.63, 3.8) is 0 Å². The van der Waals surface area contributed by atoms with Crippen molar-refractivity contribution < 1.29 is 0 Å². The Morgan fingerprint density at radius 1 is 1.41 bits per heavy atom. The summed E-state index contributed by atoms with van der Waals surface area (Å²) < 4.78 is 0. The number of aliphatic imine (C=N–C) groups is 1. The molecule has 0 aliphatic heterocycles. The highest BCUT2D eigenvalue weighted by Gasteiger charge is 2.25. The molecule has 4 nitrogen and oxygen atoms in total. The number of guanidine groups is 1. The fraction of sp³-hybridized carbons (Fsp3) is 0.462. The maximum Gasteiger partial charge on any atom is 0.193 e. The second-order valence-electron chi connectivity index (χ2n) is 4.47. The molecule has 1 aromatic rings. The van der Waals surface area contributed by atoms with Crippen LogP contribution in [0.1, 0.15) is 12.8 Å². The zero-order chi connectivity index (χ0) is 12.1. The Labute approximate surface area is 103 Å². The van der Waals surface area contributed by atoms with Crippen LogP contribution in [0.15, 0.2) is 35.3 Å². The van der Waals surface area contributed by atoms with E-state index in [1.807, 2.05) is 30.3 Å². The zero-order valence-corrected chi connectivity index (χ0v) is 10.3. The molecule has 0 amide bonds. The summed E-state index contributed by atoms with van der Waals surface area (Å²) in [6.45, 7) is 1.72. The number of likely N-dealkylation sites (N-methyl/N-ethyl adjacent to an activating group) is 1. The lowest BCUT2D eigenvalue weighted by Gasteiger charge is -2.13. The molecule has 0 atom stereocenters. The van der Waals surface area contributed by atoms with E-state index in [1.165, 1.54) is 12.8 Å². The predicted octanol–water partition coefficient (Wildman–Crippen LogP) is 1.51. The van der Waals surface area contributed by atoms with Crippen LogP contribution in [0, 0.1) is 0 Å². The van der Waals surface area contributed by atoms with Crippen LogP contribution in [-0.2, 0) is 0 Å². The van der Waals surface area contributed by atoms with Gasteiger partial charge in [0.2, 0.25) is 0 Å². The molecule has 17 heavy (non-hydrogen) atoms. The maximum absolute atomic E-state index is 5.80. The van der Waals surface area contributed by atoms with Crippen LogP contribution in [0.4, 0.5) is 5.69 Å². The minimum atomic E-state index is 0.486. The third kappa shape index (κ3) is 4.07. The summed E-state index contributed by atoms with van der Waals surface area (Å²) >= 11 is 0. The first kappa shape index (κ1) is 11.9. The largest absolute Gasteiger partial charge is 0.370 e. The molecule has 3 N–H and O–H groups in total. The molecule has 1 aliphatic rings. The number of para-hydroxylation sites is 1. The standard InChI is InChI=1S/C13H20N4/c1-17(12-7-8-12)10-9-15-13(14)16-11-5-3-2-4-6-11/h2-6,12H,7-10H2,1H3,(H3,14,15,16). The van der Waals surface area contributed by atoms with E-state index in [0.717, 1.165) is 24.8 Å². The lowest BCUT2D eigenvalue weighted by atomic mass is 10.3. The van der Waals surface area contributed by atoms with Crippen LogP contribution in [0.25, 0.3) is 0 Å². The molecular formula is C13H20N4. The highest BCUT2D eigenvalue weighted by Crippen LogP contribution is 2.24. The quantitative estimate of drug-likeness (QED) is 0.597. The van der Waals surface area contributed by atoms with E-state index in [9.17, 15) is 0 Å². The number of nitrogens with one attached hydrogen (secondary N) is 1. The van der Waals surface area contributed by atoms with E-state index >= 15 is 0 Å². The summed E-state index contributed by atoms with van der Waals surface area (Å²) in [4.78, 5) is 6.66. The van der Waals surface area contributed by atoms with E-state index in [0.29, 0.717) is 5.96 Å². The number of hydrogen-bond donors (Lipinski definition) is 2. The topological polar surface area (TPSA) is 53.6 Å². The fourth-order valence-corrected chi connectivity index (χ4v) is 1.73. The summed E-state index contributed by atoms with van der Waals surface area (Å²) in [6.07, 6.45) is 2.66. The maximum atomic E-state index is 5.80. The molecule has 0 spiro atoms. The lowest BCUT2D eigenvalue weighted by molar-refractivity contribution is 0.334. The normalized spacial score (nSPS) is 16.2. The van der Waals surface area contributed by atoms with E-state index < -0.39 is 0 Å². The molecule has 1 aliphatic carbocycles. The Balaban J connectivity index is 1.73. The summed E-state index contributed by atoms with van der Waals surface area (Å²) in [6, 6.07) is 10.6. The molecule has 0 bridgehead atoms. The Morgan fingerprint density at radius 2 is 2.12 bits per heavy atom. The van der Waals surface area contributed by atoms with Gasteiger partial charge >= 0.3 is 0 Å². The van der Waals surface area contributed by atoms with Gasteiger partial charge in [0.15, 0.2) is 5.96 Å². The van der Waals surface area contributed by atoms with E-state index in [1.54, 1.807) is 0 Å². The van der Waals surface area contributed by atoms with Crippen molar-refractivity contribution in [2.45, 2.75) is 18.9 Å². The van der Waals surface area contributed by atoms with Crippen LogP contribution < -0.4 is 11.1 Å². The predicted molar refractivity (Wildman–Crippen MR) is 72.2 cm³/mol. The Kier molecular flexibility index (Phi) is 3.98. The highest BCUT2D eigenvalue weighted by atomic mass is 15.2. The molecule has 1 saturated carbocycles. The van der Waals surface area contributed by atoms with Gasteiger partial charge in [0.1, 0.15) is 0 Å². The molecule has 1 aromatic carbocycles. The second kappa shape index (κ2) is 5.68. The minimum absolute atomic E-state index is 0.486. The zero-order valence-electron chi connectivity index (χ0n) is 10.3. The van der Waals surface area contributed by atoms with Crippen LogP contribution >= 0.6 is 0 Å². The minimum Gasteiger partial charge on any atom is -0.370 e. The van der Waals surface area contributed by atoms with Crippen LogP contribution in [0.3, 0.4) is 0 Å². The smallest absolute Gasteiger partial charge is 0.193 e. The number of anilines is 1. The molecule has 4 heteroatoms. The first-order chi connectivity index (χ1) is 8.25. The fourth-order valence-electron chi connectivity index (χ4n) is 1.73. The van der Waals surface area contributed by atoms with Crippen molar-refractivity contribution in [1.82, 2.24) is 4.90 Å². The van der Waals surface area contributed by atoms with Crippen molar-refractivity contribution in [2.75, 3.05) is 25.5 Å². The summed E-state index contributed by atoms with van der Waals surface area (Å²) in [5, 5.41) is 3.07. The van der Waals surface area contributed by atoms with Gasteiger partial charge in [-0.15, -0.1) is 0 Å². The number of nitrogens with zero attached hydrogens (tertiary/aromatic N) is 2. The molecule has 92 valence electrons. The van der Waals surface area contributed by atoms with Gasteiger partial charge in [-0.25, -0.2) is 0 Å². The highest BCUT2D eigenvalue weighted by molar-refractivity contribution is 5.92. The number of hydrogen-bond acceptors (Lipinski definition) is 2. The van der Waals surface area contributed by atoms with Crippen molar-refractivity contribution >= 4 is 11.6 Å². The number of nitrogens with two attached hydrogens (primary N) is 1. The van der Waals surface area contributed by atoms with E-state index in [4.69, 9.17) is 5.73 Å². The van der Waals surface area contributed by atoms with Crippen LogP contribution in [-0.4, -0.2) is 37.0 Å². The average molecular weight is 232 g/mol. The molecule has 0 aromatic heterocycles. The summed E-state index contributed by atoms with van der Waals surface area (Å²) in [7, 11) is 2.15. The van der Waals surface area contributed by atoms with Crippen molar-refractivity contribution in [3.8, 4) is 0 Å². The Morgan fingerprint density at radius 3 is 2.76 bits per heavy atom. The van der Waals surface area contributed by atoms with Crippen molar-refractivity contribution in [3.05, 3.63) is 30.3 Å². The third-order valence-electron chi connectivity index (χ3n) is 2.95. The van der Waals surface area contributed by atoms with Gasteiger partial charge in [-0.05, 0) is 32.0 Å². The SMILES string of the molecule is CN(CCN=C(N)Nc1ccccc1)C1CC1. The van der Waals surface area contributed by atoms with E-state index in [-0.39, 0.29) is 0 Å². The lowest BCUT2D eigenvalue weighted by Crippen LogP contribution is -2.27. The molecule has 0 heterocycles. The van der Waals surface area contributed by atoms with Gasteiger partial charge in [-0.2, -0.15) is 0 Å². The first-order valence-corrected chi connectivity index (χ1v) is 6.08. The summed E-state index contributed by atoms with van der Waals surface area (Å²) in [5.41, 5.74) is 6.78.